The van der Waals surface area contributed by atoms with Crippen molar-refractivity contribution in [1.82, 2.24) is 4.90 Å². The zero-order chi connectivity index (χ0) is 20.7. The SMILES string of the molecule is Cl.Cl.NC(N)=NCCC[C@H](N)C(=O)N1CCC[C@H]1C(=O)Nc1ccc([N+](=O)[O-])cc1. The number of hydrogen-bond donors (Lipinski definition) is 4. The molecule has 1 aliphatic rings. The largest absolute Gasteiger partial charge is 0.370 e. The molecular weight excluding hydrogens is 437 g/mol. The molecule has 1 fully saturated rings. The number of nitrogens with one attached hydrogen (secondary N) is 1. The Kier molecular flexibility index (Phi) is 11.7. The number of halogens is 2. The van der Waals surface area contributed by atoms with Crippen LogP contribution in [0.5, 0.6) is 0 Å². The second-order valence-corrected chi connectivity index (χ2v) is 6.54. The summed E-state index contributed by atoms with van der Waals surface area (Å²) in [5.41, 5.74) is 16.8. The van der Waals surface area contributed by atoms with Crippen LogP contribution in [0.3, 0.4) is 0 Å². The van der Waals surface area contributed by atoms with E-state index in [4.69, 9.17) is 17.2 Å². The van der Waals surface area contributed by atoms with Gasteiger partial charge in [0.05, 0.1) is 11.0 Å². The van der Waals surface area contributed by atoms with Crippen molar-refractivity contribution in [2.45, 2.75) is 37.8 Å². The molecule has 0 radical (unpaired) electrons. The first-order chi connectivity index (χ1) is 13.3. The summed E-state index contributed by atoms with van der Waals surface area (Å²) in [7, 11) is 0. The van der Waals surface area contributed by atoms with Gasteiger partial charge in [0.15, 0.2) is 5.96 Å². The number of nitro benzene ring substituents is 1. The van der Waals surface area contributed by atoms with Gasteiger partial charge in [-0.05, 0) is 37.8 Å². The Morgan fingerprint density at radius 3 is 2.47 bits per heavy atom. The van der Waals surface area contributed by atoms with Crippen LogP contribution in [0.25, 0.3) is 0 Å². The van der Waals surface area contributed by atoms with E-state index in [-0.39, 0.29) is 48.3 Å². The molecule has 0 unspecified atom stereocenters. The maximum atomic E-state index is 12.6. The lowest BCUT2D eigenvalue weighted by atomic mass is 10.1. The second-order valence-electron chi connectivity index (χ2n) is 6.54. The van der Waals surface area contributed by atoms with Crippen molar-refractivity contribution in [2.75, 3.05) is 18.4 Å². The molecule has 0 saturated carbocycles. The quantitative estimate of drug-likeness (QED) is 0.144. The van der Waals surface area contributed by atoms with Crippen molar-refractivity contribution >= 4 is 54.0 Å². The molecule has 0 spiro atoms. The van der Waals surface area contributed by atoms with Gasteiger partial charge in [0.1, 0.15) is 6.04 Å². The second kappa shape index (κ2) is 12.8. The Morgan fingerprint density at radius 2 is 1.90 bits per heavy atom. The molecular formula is C17H27Cl2N7O4. The van der Waals surface area contributed by atoms with E-state index in [1.807, 2.05) is 0 Å². The van der Waals surface area contributed by atoms with Gasteiger partial charge >= 0.3 is 0 Å². The minimum atomic E-state index is -0.734. The number of amides is 2. The highest BCUT2D eigenvalue weighted by Crippen LogP contribution is 2.22. The van der Waals surface area contributed by atoms with E-state index in [0.717, 1.165) is 0 Å². The summed E-state index contributed by atoms with van der Waals surface area (Å²) in [6.45, 7) is 0.839. The van der Waals surface area contributed by atoms with Gasteiger partial charge in [0, 0.05) is 30.9 Å². The maximum absolute atomic E-state index is 12.6. The van der Waals surface area contributed by atoms with Gasteiger partial charge < -0.3 is 27.4 Å². The molecule has 1 aromatic rings. The van der Waals surface area contributed by atoms with E-state index in [1.54, 1.807) is 0 Å². The third-order valence-corrected chi connectivity index (χ3v) is 4.47. The molecule has 1 saturated heterocycles. The van der Waals surface area contributed by atoms with Gasteiger partial charge in [-0.15, -0.1) is 24.8 Å². The summed E-state index contributed by atoms with van der Waals surface area (Å²) < 4.78 is 0. The number of carbonyl (C=O) groups excluding carboxylic acids is 2. The summed E-state index contributed by atoms with van der Waals surface area (Å²) in [4.78, 5) is 40.7. The molecule has 2 rings (SSSR count). The van der Waals surface area contributed by atoms with Crippen LogP contribution in [-0.2, 0) is 9.59 Å². The molecule has 0 aromatic heterocycles. The fraction of sp³-hybridized carbons (Fsp3) is 0.471. The van der Waals surface area contributed by atoms with Crippen LogP contribution in [0.1, 0.15) is 25.7 Å². The normalized spacial score (nSPS) is 15.9. The number of nitrogens with two attached hydrogens (primary N) is 3. The Morgan fingerprint density at radius 1 is 1.27 bits per heavy atom. The van der Waals surface area contributed by atoms with Crippen LogP contribution in [-0.4, -0.2) is 52.8 Å². The Labute approximate surface area is 186 Å². The summed E-state index contributed by atoms with van der Waals surface area (Å²) in [5.74, 6) is -0.638. The van der Waals surface area contributed by atoms with Gasteiger partial charge in [-0.3, -0.25) is 24.7 Å². The number of nitro groups is 1. The Balaban J connectivity index is 0.00000420. The molecule has 11 nitrogen and oxygen atoms in total. The van der Waals surface area contributed by atoms with E-state index < -0.39 is 17.0 Å². The minimum Gasteiger partial charge on any atom is -0.370 e. The number of anilines is 1. The van der Waals surface area contributed by atoms with Crippen LogP contribution in [0.4, 0.5) is 11.4 Å². The van der Waals surface area contributed by atoms with Gasteiger partial charge in [-0.1, -0.05) is 0 Å². The van der Waals surface area contributed by atoms with Crippen LogP contribution in [0.15, 0.2) is 29.3 Å². The number of carbonyl (C=O) groups is 2. The smallest absolute Gasteiger partial charge is 0.269 e. The summed E-state index contributed by atoms with van der Waals surface area (Å²) in [5, 5.41) is 13.4. The van der Waals surface area contributed by atoms with E-state index >= 15 is 0 Å². The first kappa shape index (κ1) is 27.4. The zero-order valence-electron chi connectivity index (χ0n) is 16.2. The zero-order valence-corrected chi connectivity index (χ0v) is 17.9. The standard InChI is InChI=1S/C17H25N7O4.2ClH/c18-13(3-1-9-21-17(19)20)16(26)23-10-2-4-14(23)15(25)22-11-5-7-12(8-6-11)24(27)28;;/h5-8,13-14H,1-4,9-10,18H2,(H,22,25)(H4,19,20,21);2*1H/t13-,14-;;/m0../s1. The van der Waals surface area contributed by atoms with E-state index in [0.29, 0.717) is 44.5 Å². The van der Waals surface area contributed by atoms with Crippen molar-refractivity contribution < 1.29 is 14.5 Å². The average molecular weight is 464 g/mol. The lowest BCUT2D eigenvalue weighted by Gasteiger charge is -2.26. The lowest BCUT2D eigenvalue weighted by Crippen LogP contribution is -2.49. The molecule has 168 valence electrons. The van der Waals surface area contributed by atoms with E-state index in [9.17, 15) is 19.7 Å². The van der Waals surface area contributed by atoms with E-state index in [2.05, 4.69) is 10.3 Å². The molecule has 1 aromatic carbocycles. The molecule has 30 heavy (non-hydrogen) atoms. The van der Waals surface area contributed by atoms with Crippen LogP contribution >= 0.6 is 24.8 Å². The number of likely N-dealkylation sites (tertiary alicyclic amines) is 1. The predicted octanol–water partition coefficient (Wildman–Crippen LogP) is 0.749. The molecule has 7 N–H and O–H groups in total. The van der Waals surface area contributed by atoms with E-state index in [1.165, 1.54) is 29.2 Å². The number of nitrogens with zero attached hydrogens (tertiary/aromatic N) is 3. The number of rotatable bonds is 8. The Bertz CT molecular complexity index is 757. The third kappa shape index (κ3) is 7.65. The molecule has 2 atom stereocenters. The van der Waals surface area contributed by atoms with Crippen molar-refractivity contribution in [3.05, 3.63) is 34.4 Å². The van der Waals surface area contributed by atoms with Crippen LogP contribution in [0, 0.1) is 10.1 Å². The third-order valence-electron chi connectivity index (χ3n) is 4.47. The highest BCUT2D eigenvalue weighted by Gasteiger charge is 2.36. The maximum Gasteiger partial charge on any atom is 0.269 e. The summed E-state index contributed by atoms with van der Waals surface area (Å²) in [6, 6.07) is 4.16. The summed E-state index contributed by atoms with van der Waals surface area (Å²) in [6.07, 6.45) is 2.19. The molecule has 1 aliphatic heterocycles. The van der Waals surface area contributed by atoms with Gasteiger partial charge in [0.25, 0.3) is 5.69 Å². The molecule has 0 aliphatic carbocycles. The van der Waals surface area contributed by atoms with Gasteiger partial charge in [-0.25, -0.2) is 0 Å². The fourth-order valence-corrected chi connectivity index (χ4v) is 3.05. The van der Waals surface area contributed by atoms with Crippen molar-refractivity contribution in [3.63, 3.8) is 0 Å². The molecule has 0 bridgehead atoms. The van der Waals surface area contributed by atoms with Crippen LogP contribution < -0.4 is 22.5 Å². The average Bonchev–Trinajstić information content (AvgIpc) is 3.14. The van der Waals surface area contributed by atoms with Gasteiger partial charge in [-0.2, -0.15) is 0 Å². The molecule has 1 heterocycles. The molecule has 2 amide bonds. The highest BCUT2D eigenvalue weighted by molar-refractivity contribution is 5.98. The summed E-state index contributed by atoms with van der Waals surface area (Å²) >= 11 is 0. The first-order valence-corrected chi connectivity index (χ1v) is 8.96. The highest BCUT2D eigenvalue weighted by atomic mass is 35.5. The topological polar surface area (TPSA) is 183 Å². The monoisotopic (exact) mass is 463 g/mol. The van der Waals surface area contributed by atoms with Crippen molar-refractivity contribution in [1.29, 1.82) is 0 Å². The Hall–Kier alpha value is -2.63. The number of aliphatic imine (C=N–C) groups is 1. The first-order valence-electron chi connectivity index (χ1n) is 8.96. The van der Waals surface area contributed by atoms with Crippen LogP contribution in [0.2, 0.25) is 0 Å². The number of hydrogen-bond acceptors (Lipinski definition) is 6. The minimum absolute atomic E-state index is 0. The molecule has 13 heteroatoms. The van der Waals surface area contributed by atoms with Gasteiger partial charge in [0.2, 0.25) is 11.8 Å². The van der Waals surface area contributed by atoms with Crippen molar-refractivity contribution in [2.24, 2.45) is 22.2 Å². The fourth-order valence-electron chi connectivity index (χ4n) is 3.05. The number of non-ortho nitro benzene ring substituents is 1. The number of guanidine groups is 1. The lowest BCUT2D eigenvalue weighted by molar-refractivity contribution is -0.384. The predicted molar refractivity (Wildman–Crippen MR) is 119 cm³/mol. The number of benzene rings is 1. The van der Waals surface area contributed by atoms with Crippen molar-refractivity contribution in [3.8, 4) is 0 Å².